The van der Waals surface area contributed by atoms with E-state index in [-0.39, 0.29) is 22.3 Å². The SMILES string of the molecule is CN(C)c1nccc(OC[C@H]2CCC[C@@]2(C)NC(=O)c2cc3[nH]c4ccccc4c(=O)c3cc2F)n1. The average molecular weight is 490 g/mol. The number of benzene rings is 2. The number of fused-ring (bicyclic) bond motifs is 2. The first-order chi connectivity index (χ1) is 17.2. The summed E-state index contributed by atoms with van der Waals surface area (Å²) in [6.45, 7) is 2.33. The fourth-order valence-corrected chi connectivity index (χ4v) is 4.93. The van der Waals surface area contributed by atoms with Gasteiger partial charge >= 0.3 is 0 Å². The number of amides is 1. The van der Waals surface area contributed by atoms with Crippen molar-refractivity contribution in [3.05, 3.63) is 70.3 Å². The number of hydrogen-bond donors (Lipinski definition) is 2. The Morgan fingerprint density at radius 1 is 1.22 bits per heavy atom. The van der Waals surface area contributed by atoms with Gasteiger partial charge in [0.25, 0.3) is 5.91 Å². The second-order valence-corrected chi connectivity index (χ2v) is 9.74. The third kappa shape index (κ3) is 4.36. The molecule has 2 atom stereocenters. The maximum Gasteiger partial charge on any atom is 0.254 e. The summed E-state index contributed by atoms with van der Waals surface area (Å²) in [7, 11) is 3.71. The third-order valence-electron chi connectivity index (χ3n) is 7.04. The molecule has 1 fully saturated rings. The molecule has 2 aromatic carbocycles. The van der Waals surface area contributed by atoms with Crippen molar-refractivity contribution in [2.24, 2.45) is 5.92 Å². The molecule has 186 valence electrons. The van der Waals surface area contributed by atoms with Crippen LogP contribution in [0.5, 0.6) is 5.88 Å². The first-order valence-electron chi connectivity index (χ1n) is 11.9. The molecule has 4 aromatic rings. The maximum absolute atomic E-state index is 15.1. The number of nitrogens with one attached hydrogen (secondary N) is 2. The maximum atomic E-state index is 15.1. The summed E-state index contributed by atoms with van der Waals surface area (Å²) in [6, 6.07) is 11.3. The molecule has 0 radical (unpaired) electrons. The van der Waals surface area contributed by atoms with Crippen LogP contribution in [0.25, 0.3) is 21.8 Å². The van der Waals surface area contributed by atoms with E-state index < -0.39 is 17.3 Å². The molecule has 9 heteroatoms. The van der Waals surface area contributed by atoms with E-state index in [2.05, 4.69) is 20.3 Å². The Balaban J connectivity index is 1.37. The summed E-state index contributed by atoms with van der Waals surface area (Å²) in [5, 5.41) is 3.74. The van der Waals surface area contributed by atoms with E-state index in [1.54, 1.807) is 35.4 Å². The molecule has 2 aromatic heterocycles. The second-order valence-electron chi connectivity index (χ2n) is 9.74. The van der Waals surface area contributed by atoms with E-state index in [9.17, 15) is 9.59 Å². The van der Waals surface area contributed by atoms with Crippen molar-refractivity contribution < 1.29 is 13.9 Å². The Kier molecular flexibility index (Phi) is 6.07. The van der Waals surface area contributed by atoms with E-state index in [1.807, 2.05) is 27.1 Å². The van der Waals surface area contributed by atoms with Gasteiger partial charge in [-0.2, -0.15) is 4.98 Å². The summed E-state index contributed by atoms with van der Waals surface area (Å²) in [5.74, 6) is -0.216. The van der Waals surface area contributed by atoms with Gasteiger partial charge in [0.1, 0.15) is 5.82 Å². The second kappa shape index (κ2) is 9.22. The molecule has 0 unspecified atom stereocenters. The van der Waals surface area contributed by atoms with E-state index in [4.69, 9.17) is 4.74 Å². The fourth-order valence-electron chi connectivity index (χ4n) is 4.93. The number of halogens is 1. The molecule has 0 saturated heterocycles. The summed E-state index contributed by atoms with van der Waals surface area (Å²) in [6.07, 6.45) is 4.17. The largest absolute Gasteiger partial charge is 0.477 e. The molecule has 1 amide bonds. The fraction of sp³-hybridized carbons (Fsp3) is 0.333. The molecular weight excluding hydrogens is 461 g/mol. The Morgan fingerprint density at radius 2 is 2.03 bits per heavy atom. The number of aromatic amines is 1. The predicted octanol–water partition coefficient (Wildman–Crippen LogP) is 4.04. The van der Waals surface area contributed by atoms with Gasteiger partial charge in [0, 0.05) is 54.1 Å². The lowest BCUT2D eigenvalue weighted by atomic mass is 9.89. The number of carbonyl (C=O) groups is 1. The number of para-hydroxylation sites is 1. The van der Waals surface area contributed by atoms with Crippen molar-refractivity contribution >= 4 is 33.7 Å². The van der Waals surface area contributed by atoms with E-state index in [0.717, 1.165) is 25.3 Å². The van der Waals surface area contributed by atoms with E-state index in [0.29, 0.717) is 34.9 Å². The Labute approximate surface area is 207 Å². The van der Waals surface area contributed by atoms with Crippen LogP contribution in [-0.4, -0.2) is 47.1 Å². The molecule has 1 aliphatic carbocycles. The molecule has 0 spiro atoms. The number of ether oxygens (including phenoxy) is 1. The minimum atomic E-state index is -0.729. The summed E-state index contributed by atoms with van der Waals surface area (Å²) < 4.78 is 21.0. The quantitative estimate of drug-likeness (QED) is 0.397. The highest BCUT2D eigenvalue weighted by Gasteiger charge is 2.41. The molecule has 0 bridgehead atoms. The number of H-pyrrole nitrogens is 1. The number of hydrogen-bond acceptors (Lipinski definition) is 6. The van der Waals surface area contributed by atoms with Crippen molar-refractivity contribution in [3.63, 3.8) is 0 Å². The summed E-state index contributed by atoms with van der Waals surface area (Å²) >= 11 is 0. The normalized spacial score (nSPS) is 19.5. The van der Waals surface area contributed by atoms with Crippen molar-refractivity contribution in [1.29, 1.82) is 0 Å². The Hall–Kier alpha value is -4.01. The molecule has 1 saturated carbocycles. The molecule has 0 aliphatic heterocycles. The van der Waals surface area contributed by atoms with Crippen molar-refractivity contribution in [2.45, 2.75) is 31.7 Å². The number of carbonyl (C=O) groups excluding carboxylic acids is 1. The van der Waals surface area contributed by atoms with Gasteiger partial charge in [0.2, 0.25) is 11.8 Å². The van der Waals surface area contributed by atoms with Crippen LogP contribution in [0.4, 0.5) is 10.3 Å². The minimum absolute atomic E-state index is 0.0199. The number of anilines is 1. The van der Waals surface area contributed by atoms with Crippen molar-refractivity contribution in [2.75, 3.05) is 25.6 Å². The van der Waals surface area contributed by atoms with E-state index >= 15 is 4.39 Å². The minimum Gasteiger partial charge on any atom is -0.477 e. The van der Waals surface area contributed by atoms with Gasteiger partial charge in [0.05, 0.1) is 17.7 Å². The first kappa shape index (κ1) is 23.7. The van der Waals surface area contributed by atoms with Crippen LogP contribution in [0.15, 0.2) is 53.5 Å². The van der Waals surface area contributed by atoms with Crippen LogP contribution in [0.3, 0.4) is 0 Å². The summed E-state index contributed by atoms with van der Waals surface area (Å²) in [4.78, 5) is 39.6. The Morgan fingerprint density at radius 3 is 2.83 bits per heavy atom. The number of nitrogens with zero attached hydrogens (tertiary/aromatic N) is 3. The molecule has 2 heterocycles. The third-order valence-corrected chi connectivity index (χ3v) is 7.04. The van der Waals surface area contributed by atoms with Crippen LogP contribution in [0.2, 0.25) is 0 Å². The lowest BCUT2D eigenvalue weighted by molar-refractivity contribution is 0.0852. The topological polar surface area (TPSA) is 100 Å². The van der Waals surface area contributed by atoms with Crippen molar-refractivity contribution in [3.8, 4) is 5.88 Å². The highest BCUT2D eigenvalue weighted by Crippen LogP contribution is 2.36. The lowest BCUT2D eigenvalue weighted by Gasteiger charge is -2.32. The van der Waals surface area contributed by atoms with Crippen molar-refractivity contribution in [1.82, 2.24) is 20.3 Å². The number of pyridine rings is 1. The zero-order valence-electron chi connectivity index (χ0n) is 20.5. The average Bonchev–Trinajstić information content (AvgIpc) is 3.22. The molecule has 36 heavy (non-hydrogen) atoms. The lowest BCUT2D eigenvalue weighted by Crippen LogP contribution is -2.50. The van der Waals surface area contributed by atoms with Gasteiger partial charge in [-0.05, 0) is 44.0 Å². The molecule has 5 rings (SSSR count). The van der Waals surface area contributed by atoms with Gasteiger partial charge in [0.15, 0.2) is 5.43 Å². The van der Waals surface area contributed by atoms with Gasteiger partial charge < -0.3 is 19.9 Å². The molecular formula is C27H28FN5O3. The van der Waals surface area contributed by atoms with Gasteiger partial charge in [-0.1, -0.05) is 18.6 Å². The number of rotatable bonds is 6. The van der Waals surface area contributed by atoms with Crippen LogP contribution in [0.1, 0.15) is 36.5 Å². The monoisotopic (exact) mass is 489 g/mol. The highest BCUT2D eigenvalue weighted by molar-refractivity contribution is 6.00. The smallest absolute Gasteiger partial charge is 0.254 e. The number of aromatic nitrogens is 3. The highest BCUT2D eigenvalue weighted by atomic mass is 19.1. The zero-order valence-corrected chi connectivity index (χ0v) is 20.5. The molecule has 8 nitrogen and oxygen atoms in total. The van der Waals surface area contributed by atoms with Crippen LogP contribution < -0.4 is 20.4 Å². The van der Waals surface area contributed by atoms with E-state index in [1.165, 1.54) is 6.07 Å². The standard InChI is InChI=1S/C27H28FN5O3/c1-27(11-6-7-16(27)15-36-23-10-12-29-26(31-23)33(2)3)32-25(35)18-14-22-19(13-20(18)28)24(34)17-8-4-5-9-21(17)30-22/h4-5,8-10,12-14,16H,6-7,11,15H2,1-3H3,(H,30,34)(H,32,35)/t16-,27-/m1/s1. The van der Waals surface area contributed by atoms with Gasteiger partial charge in [-0.3, -0.25) is 9.59 Å². The van der Waals surface area contributed by atoms with Crippen LogP contribution in [0, 0.1) is 11.7 Å². The van der Waals surface area contributed by atoms with Gasteiger partial charge in [-0.15, -0.1) is 0 Å². The zero-order chi connectivity index (χ0) is 25.4. The Bertz CT molecular complexity index is 1520. The molecule has 1 aliphatic rings. The van der Waals surface area contributed by atoms with Crippen LogP contribution in [-0.2, 0) is 0 Å². The first-order valence-corrected chi connectivity index (χ1v) is 11.9. The predicted molar refractivity (Wildman–Crippen MR) is 137 cm³/mol. The van der Waals surface area contributed by atoms with Gasteiger partial charge in [-0.25, -0.2) is 9.37 Å². The van der Waals surface area contributed by atoms with Crippen LogP contribution >= 0.6 is 0 Å². The molecule has 2 N–H and O–H groups in total. The summed E-state index contributed by atoms with van der Waals surface area (Å²) in [5.41, 5.74) is 0.101.